The highest BCUT2D eigenvalue weighted by atomic mass is 19.1. The van der Waals surface area contributed by atoms with E-state index < -0.39 is 41.6 Å². The third kappa shape index (κ3) is 8.05. The minimum Gasteiger partial charge on any atom is -0.383 e. The molecule has 4 aliphatic rings. The van der Waals surface area contributed by atoms with Crippen molar-refractivity contribution in [2.75, 3.05) is 67.6 Å². The second-order valence-electron chi connectivity index (χ2n) is 15.9. The van der Waals surface area contributed by atoms with E-state index in [0.717, 1.165) is 52.9 Å². The quantitative estimate of drug-likeness (QED) is 0.109. The van der Waals surface area contributed by atoms with Crippen molar-refractivity contribution in [2.45, 2.75) is 50.2 Å². The second-order valence-corrected chi connectivity index (χ2v) is 15.9. The molecule has 18 heteroatoms. The highest BCUT2D eigenvalue weighted by Gasteiger charge is 2.44. The number of carbonyl (C=O) groups is 5. The van der Waals surface area contributed by atoms with Crippen molar-refractivity contribution in [2.24, 2.45) is 5.73 Å². The monoisotopic (exact) mass is 843 g/mol. The molecule has 3 fully saturated rings. The highest BCUT2D eigenvalue weighted by Crippen LogP contribution is 2.36. The molecule has 0 radical (unpaired) electrons. The number of ether oxygens (including phenoxy) is 1. The third-order valence-electron chi connectivity index (χ3n) is 12.1. The van der Waals surface area contributed by atoms with Crippen LogP contribution in [0.5, 0.6) is 0 Å². The lowest BCUT2D eigenvalue weighted by molar-refractivity contribution is -0.136. The van der Waals surface area contributed by atoms with E-state index in [2.05, 4.69) is 30.3 Å². The first kappa shape index (κ1) is 40.6. The summed E-state index contributed by atoms with van der Waals surface area (Å²) in [6, 6.07) is 19.9. The number of aromatic nitrogens is 4. The zero-order valence-corrected chi connectivity index (χ0v) is 33.9. The number of hydrogen-bond acceptors (Lipinski definition) is 13. The van der Waals surface area contributed by atoms with Crippen molar-refractivity contribution in [1.29, 1.82) is 0 Å². The first-order chi connectivity index (χ1) is 30.1. The maximum atomic E-state index is 14.1. The number of nitrogens with two attached hydrogens (primary N) is 1. The van der Waals surface area contributed by atoms with Crippen molar-refractivity contribution in [3.63, 3.8) is 0 Å². The van der Waals surface area contributed by atoms with Crippen molar-refractivity contribution < 1.29 is 33.1 Å². The van der Waals surface area contributed by atoms with Gasteiger partial charge < -0.3 is 25.6 Å². The van der Waals surface area contributed by atoms with Gasteiger partial charge in [-0.05, 0) is 85.8 Å². The van der Waals surface area contributed by atoms with E-state index in [-0.39, 0.29) is 35.8 Å². The van der Waals surface area contributed by atoms with Crippen LogP contribution in [0.1, 0.15) is 64.4 Å². The van der Waals surface area contributed by atoms with E-state index >= 15 is 0 Å². The lowest BCUT2D eigenvalue weighted by atomic mass is 10.0. The minimum absolute atomic E-state index is 0.0316. The molecular formula is C44H46FN11O6. The molecule has 9 rings (SSSR count). The smallest absolute Gasteiger partial charge is 0.262 e. The van der Waals surface area contributed by atoms with Gasteiger partial charge in [0.2, 0.25) is 17.7 Å². The van der Waals surface area contributed by atoms with Crippen LogP contribution in [-0.4, -0.2) is 123 Å². The number of halogens is 1. The number of anilines is 3. The Bertz CT molecular complexity index is 2560. The Kier molecular flexibility index (Phi) is 11.3. The molecule has 5 amide bonds. The van der Waals surface area contributed by atoms with Gasteiger partial charge in [-0.1, -0.05) is 18.2 Å². The Morgan fingerprint density at radius 2 is 1.71 bits per heavy atom. The number of imidazole rings is 1. The van der Waals surface area contributed by atoms with Gasteiger partial charge in [-0.25, -0.2) is 18.9 Å². The largest absolute Gasteiger partial charge is 0.383 e. The summed E-state index contributed by atoms with van der Waals surface area (Å²) >= 11 is 0. The Labute approximate surface area is 356 Å². The number of fused-ring (bicyclic) bond motifs is 2. The van der Waals surface area contributed by atoms with Crippen LogP contribution in [0.2, 0.25) is 0 Å². The number of nitrogens with zero attached hydrogens (tertiary/aromatic N) is 8. The molecule has 3 saturated heterocycles. The fourth-order valence-corrected chi connectivity index (χ4v) is 8.95. The lowest BCUT2D eigenvalue weighted by Gasteiger charge is -2.38. The SMILES string of the molecule is NC(=O)C(CCOCCNc1ccc2c(c1)C(=O)N(C1CCC(=O)NC1=O)C2=O)N1CCN(c2cccc(-c3cnc4ccc(N5CCC[C@@H]5c5cccc(F)c5)nn34)n2)CC1. The molecule has 0 spiro atoms. The first-order valence-corrected chi connectivity index (χ1v) is 20.9. The summed E-state index contributed by atoms with van der Waals surface area (Å²) < 4.78 is 21.8. The van der Waals surface area contributed by atoms with Crippen molar-refractivity contribution in [1.82, 2.24) is 34.7 Å². The van der Waals surface area contributed by atoms with Crippen LogP contribution < -0.4 is 26.2 Å². The van der Waals surface area contributed by atoms with Crippen molar-refractivity contribution >= 4 is 52.5 Å². The molecule has 62 heavy (non-hydrogen) atoms. The van der Waals surface area contributed by atoms with E-state index in [4.69, 9.17) is 20.6 Å². The number of pyridine rings is 1. The summed E-state index contributed by atoms with van der Waals surface area (Å²) in [5.41, 5.74) is 9.98. The molecular weight excluding hydrogens is 798 g/mol. The van der Waals surface area contributed by atoms with Crippen LogP contribution in [0.4, 0.5) is 21.7 Å². The minimum atomic E-state index is -1.03. The predicted molar refractivity (Wildman–Crippen MR) is 226 cm³/mol. The number of hydrogen-bond donors (Lipinski definition) is 3. The van der Waals surface area contributed by atoms with Crippen LogP contribution in [0.15, 0.2) is 79.0 Å². The molecule has 5 aromatic rings. The maximum absolute atomic E-state index is 14.1. The van der Waals surface area contributed by atoms with Gasteiger partial charge in [0, 0.05) is 58.0 Å². The Hall–Kier alpha value is -6.79. The molecule has 7 heterocycles. The number of benzene rings is 2. The molecule has 2 unspecified atom stereocenters. The number of amides is 5. The molecule has 0 bridgehead atoms. The lowest BCUT2D eigenvalue weighted by Crippen LogP contribution is -2.54. The summed E-state index contributed by atoms with van der Waals surface area (Å²) in [5, 5.41) is 10.4. The first-order valence-electron chi connectivity index (χ1n) is 20.9. The van der Waals surface area contributed by atoms with Gasteiger partial charge in [-0.2, -0.15) is 0 Å². The van der Waals surface area contributed by atoms with Crippen molar-refractivity contribution in [3.05, 3.63) is 102 Å². The average Bonchev–Trinajstić information content (AvgIpc) is 4.00. The topological polar surface area (TPSA) is 201 Å². The average molecular weight is 844 g/mol. The number of imide groups is 2. The molecule has 320 valence electrons. The zero-order valence-electron chi connectivity index (χ0n) is 33.9. The number of piperidine rings is 1. The highest BCUT2D eigenvalue weighted by molar-refractivity contribution is 6.23. The van der Waals surface area contributed by atoms with E-state index in [0.29, 0.717) is 63.7 Å². The summed E-state index contributed by atoms with van der Waals surface area (Å²) in [7, 11) is 0. The summed E-state index contributed by atoms with van der Waals surface area (Å²) in [4.78, 5) is 79.7. The molecule has 4 aliphatic heterocycles. The number of nitrogens with one attached hydrogen (secondary N) is 2. The Morgan fingerprint density at radius 1 is 0.887 bits per heavy atom. The molecule has 17 nitrogen and oxygen atoms in total. The Balaban J connectivity index is 0.762. The van der Waals surface area contributed by atoms with Crippen LogP contribution in [-0.2, 0) is 19.1 Å². The number of piperazine rings is 1. The van der Waals surface area contributed by atoms with E-state index in [1.165, 1.54) is 6.07 Å². The molecule has 3 aromatic heterocycles. The van der Waals surface area contributed by atoms with E-state index in [1.807, 2.05) is 40.9 Å². The van der Waals surface area contributed by atoms with Gasteiger partial charge in [-0.15, -0.1) is 5.10 Å². The van der Waals surface area contributed by atoms with Gasteiger partial charge >= 0.3 is 0 Å². The summed E-state index contributed by atoms with van der Waals surface area (Å²) in [6.07, 6.45) is 4.22. The number of primary amides is 1. The number of rotatable bonds is 14. The maximum Gasteiger partial charge on any atom is 0.262 e. The zero-order chi connectivity index (χ0) is 42.9. The number of carbonyl (C=O) groups excluding carboxylic acids is 5. The molecule has 3 atom stereocenters. The van der Waals surface area contributed by atoms with E-state index in [1.54, 1.807) is 36.5 Å². The predicted octanol–water partition coefficient (Wildman–Crippen LogP) is 3.17. The summed E-state index contributed by atoms with van der Waals surface area (Å²) in [6.45, 7) is 4.30. The Morgan fingerprint density at radius 3 is 2.52 bits per heavy atom. The fraction of sp³-hybridized carbons (Fsp3) is 0.364. The molecule has 2 aromatic carbocycles. The van der Waals surface area contributed by atoms with Crippen LogP contribution in [0.3, 0.4) is 0 Å². The standard InChI is InChI=1S/C44H46FN11O6/c45-28-5-1-4-27(24-28)33-7-3-17-54(33)39-13-12-37-48-26-36(56(37)51-39)32-6-2-8-38(49-32)53-20-18-52(19-21-53)34(41(46)58)15-22-62-23-16-47-29-9-10-30-31(25-29)44(61)55(43(30)60)35-11-14-40(57)50-42(35)59/h1-2,4-6,8-10,12-13,24-26,33-35,47H,3,7,11,14-23H2,(H2,46,58)(H,50,57,59)/t33-,34?,35?/m1/s1. The van der Waals surface area contributed by atoms with Crippen LogP contribution in [0.25, 0.3) is 17.0 Å². The normalized spacial score (nSPS) is 19.9. The third-order valence-corrected chi connectivity index (χ3v) is 12.1. The van der Waals surface area contributed by atoms with Gasteiger partial charge in [0.1, 0.15) is 29.2 Å². The van der Waals surface area contributed by atoms with Crippen molar-refractivity contribution in [3.8, 4) is 11.4 Å². The second kappa shape index (κ2) is 17.3. The summed E-state index contributed by atoms with van der Waals surface area (Å²) in [5.74, 6) is -1.29. The van der Waals surface area contributed by atoms with Crippen LogP contribution in [0, 0.1) is 5.82 Å². The molecule has 0 aliphatic carbocycles. The fourth-order valence-electron chi connectivity index (χ4n) is 8.95. The van der Waals surface area contributed by atoms with Crippen LogP contribution >= 0.6 is 0 Å². The molecule has 4 N–H and O–H groups in total. The van der Waals surface area contributed by atoms with Gasteiger partial charge in [0.25, 0.3) is 11.8 Å². The van der Waals surface area contributed by atoms with Gasteiger partial charge in [0.05, 0.1) is 41.7 Å². The van der Waals surface area contributed by atoms with E-state index in [9.17, 15) is 28.4 Å². The molecule has 0 saturated carbocycles. The van der Waals surface area contributed by atoms with Gasteiger partial charge in [-0.3, -0.25) is 39.1 Å². The van der Waals surface area contributed by atoms with Gasteiger partial charge in [0.15, 0.2) is 5.65 Å².